The predicted molar refractivity (Wildman–Crippen MR) is 85.3 cm³/mol. The van der Waals surface area contributed by atoms with E-state index in [1.54, 1.807) is 4.90 Å². The van der Waals surface area contributed by atoms with E-state index in [9.17, 15) is 18.0 Å². The predicted octanol–water partition coefficient (Wildman–Crippen LogP) is 0.761. The van der Waals surface area contributed by atoms with E-state index in [0.717, 1.165) is 12.8 Å². The number of carboxylic acid groups (broad SMARTS) is 1. The fourth-order valence-electron chi connectivity index (χ4n) is 3.39. The van der Waals surface area contributed by atoms with Gasteiger partial charge in [-0.05, 0) is 31.6 Å². The third-order valence-electron chi connectivity index (χ3n) is 4.61. The van der Waals surface area contributed by atoms with Gasteiger partial charge in [-0.15, -0.1) is 0 Å². The van der Waals surface area contributed by atoms with Crippen molar-refractivity contribution in [3.05, 3.63) is 0 Å². The number of carbonyl (C=O) groups excluding carboxylic acids is 1. The van der Waals surface area contributed by atoms with E-state index in [1.165, 1.54) is 4.31 Å². The van der Waals surface area contributed by atoms with Gasteiger partial charge in [0.25, 0.3) is 0 Å². The first-order valence-electron chi connectivity index (χ1n) is 8.28. The van der Waals surface area contributed by atoms with Crippen LogP contribution >= 0.6 is 0 Å². The zero-order chi connectivity index (χ0) is 17.0. The SMILES string of the molecule is CC1CC(C(=O)O)CN(C(=O)CCCS(=O)(=O)N2CCCC2)C1. The van der Waals surface area contributed by atoms with E-state index >= 15 is 0 Å². The largest absolute Gasteiger partial charge is 0.481 e. The fraction of sp³-hybridized carbons (Fsp3) is 0.867. The van der Waals surface area contributed by atoms with Crippen LogP contribution < -0.4 is 0 Å². The average Bonchev–Trinajstić information content (AvgIpc) is 3.01. The Labute approximate surface area is 137 Å². The van der Waals surface area contributed by atoms with Crippen LogP contribution in [0.25, 0.3) is 0 Å². The van der Waals surface area contributed by atoms with Crippen molar-refractivity contribution in [1.29, 1.82) is 0 Å². The summed E-state index contributed by atoms with van der Waals surface area (Å²) in [6.45, 7) is 3.90. The summed E-state index contributed by atoms with van der Waals surface area (Å²) in [6.07, 6.45) is 2.84. The van der Waals surface area contributed by atoms with Gasteiger partial charge in [-0.1, -0.05) is 6.92 Å². The standard InChI is InChI=1S/C15H26N2O5S/c1-12-9-13(15(19)20)11-16(10-12)14(18)5-4-8-23(21,22)17-6-2-3-7-17/h12-13H,2-11H2,1H3,(H,19,20). The summed E-state index contributed by atoms with van der Waals surface area (Å²) in [6, 6.07) is 0. The minimum Gasteiger partial charge on any atom is -0.481 e. The number of sulfonamides is 1. The van der Waals surface area contributed by atoms with Crippen LogP contribution in [0.1, 0.15) is 39.0 Å². The van der Waals surface area contributed by atoms with Crippen molar-refractivity contribution in [2.45, 2.75) is 39.0 Å². The fourth-order valence-corrected chi connectivity index (χ4v) is 4.98. The molecule has 2 rings (SSSR count). The molecule has 0 spiro atoms. The van der Waals surface area contributed by atoms with Crippen molar-refractivity contribution >= 4 is 21.9 Å². The Kier molecular flexibility index (Phi) is 6.02. The second kappa shape index (κ2) is 7.61. The summed E-state index contributed by atoms with van der Waals surface area (Å²) in [5.74, 6) is -1.38. The van der Waals surface area contributed by atoms with Crippen molar-refractivity contribution in [3.63, 3.8) is 0 Å². The molecule has 2 aliphatic rings. The molecule has 2 fully saturated rings. The van der Waals surface area contributed by atoms with Crippen molar-refractivity contribution < 1.29 is 23.1 Å². The van der Waals surface area contributed by atoms with E-state index < -0.39 is 21.9 Å². The molecular weight excluding hydrogens is 320 g/mol. The lowest BCUT2D eigenvalue weighted by Gasteiger charge is -2.34. The topological polar surface area (TPSA) is 95.0 Å². The number of carboxylic acids is 1. The molecule has 0 aromatic carbocycles. The number of aliphatic carboxylic acids is 1. The van der Waals surface area contributed by atoms with Gasteiger partial charge < -0.3 is 10.0 Å². The molecule has 2 unspecified atom stereocenters. The number of rotatable bonds is 6. The number of piperidine rings is 1. The molecule has 0 aromatic rings. The maximum atomic E-state index is 12.2. The third-order valence-corrected chi connectivity index (χ3v) is 6.57. The van der Waals surface area contributed by atoms with Crippen LogP contribution in [0.2, 0.25) is 0 Å². The van der Waals surface area contributed by atoms with Gasteiger partial charge in [0.1, 0.15) is 0 Å². The Morgan fingerprint density at radius 1 is 1.17 bits per heavy atom. The molecule has 23 heavy (non-hydrogen) atoms. The lowest BCUT2D eigenvalue weighted by molar-refractivity contribution is -0.146. The zero-order valence-electron chi connectivity index (χ0n) is 13.6. The zero-order valence-corrected chi connectivity index (χ0v) is 14.4. The van der Waals surface area contributed by atoms with Gasteiger partial charge in [0.2, 0.25) is 15.9 Å². The molecule has 0 aliphatic carbocycles. The molecule has 0 bridgehead atoms. The summed E-state index contributed by atoms with van der Waals surface area (Å²) in [4.78, 5) is 25.0. The molecule has 2 saturated heterocycles. The Morgan fingerprint density at radius 3 is 2.43 bits per heavy atom. The Hall–Kier alpha value is -1.15. The summed E-state index contributed by atoms with van der Waals surface area (Å²) < 4.78 is 25.7. The summed E-state index contributed by atoms with van der Waals surface area (Å²) >= 11 is 0. The molecule has 2 atom stereocenters. The van der Waals surface area contributed by atoms with E-state index in [2.05, 4.69) is 0 Å². The highest BCUT2D eigenvalue weighted by Gasteiger charge is 2.32. The summed E-state index contributed by atoms with van der Waals surface area (Å²) in [5.41, 5.74) is 0. The Morgan fingerprint density at radius 2 is 1.83 bits per heavy atom. The van der Waals surface area contributed by atoms with Crippen LogP contribution in [0.5, 0.6) is 0 Å². The second-order valence-corrected chi connectivity index (χ2v) is 8.79. The number of hydrogen-bond donors (Lipinski definition) is 1. The summed E-state index contributed by atoms with van der Waals surface area (Å²) in [7, 11) is -3.25. The quantitative estimate of drug-likeness (QED) is 0.766. The first-order chi connectivity index (χ1) is 10.8. The minimum atomic E-state index is -3.25. The highest BCUT2D eigenvalue weighted by molar-refractivity contribution is 7.89. The molecular formula is C15H26N2O5S. The average molecular weight is 346 g/mol. The number of hydrogen-bond acceptors (Lipinski definition) is 4. The lowest BCUT2D eigenvalue weighted by Crippen LogP contribution is -2.45. The third kappa shape index (κ3) is 4.91. The monoisotopic (exact) mass is 346 g/mol. The Bertz CT molecular complexity index is 542. The molecule has 7 nitrogen and oxygen atoms in total. The first kappa shape index (κ1) is 18.2. The van der Waals surface area contributed by atoms with Crippen molar-refractivity contribution in [2.24, 2.45) is 11.8 Å². The number of amides is 1. The van der Waals surface area contributed by atoms with Gasteiger partial charge in [-0.25, -0.2) is 12.7 Å². The van der Waals surface area contributed by atoms with E-state index in [-0.39, 0.29) is 30.5 Å². The minimum absolute atomic E-state index is 0.00943. The molecule has 2 aliphatic heterocycles. The molecule has 0 saturated carbocycles. The Balaban J connectivity index is 1.81. The number of likely N-dealkylation sites (tertiary alicyclic amines) is 1. The van der Waals surface area contributed by atoms with Crippen LogP contribution in [0.3, 0.4) is 0 Å². The van der Waals surface area contributed by atoms with E-state index in [1.807, 2.05) is 6.92 Å². The van der Waals surface area contributed by atoms with E-state index in [0.29, 0.717) is 32.5 Å². The second-order valence-electron chi connectivity index (χ2n) is 6.70. The highest BCUT2D eigenvalue weighted by Crippen LogP contribution is 2.23. The van der Waals surface area contributed by atoms with Crippen LogP contribution in [-0.4, -0.2) is 66.5 Å². The normalized spacial score (nSPS) is 26.4. The van der Waals surface area contributed by atoms with Crippen molar-refractivity contribution in [1.82, 2.24) is 9.21 Å². The molecule has 1 N–H and O–H groups in total. The van der Waals surface area contributed by atoms with E-state index in [4.69, 9.17) is 5.11 Å². The smallest absolute Gasteiger partial charge is 0.308 e. The van der Waals surface area contributed by atoms with Gasteiger partial charge in [0.15, 0.2) is 0 Å². The molecule has 0 radical (unpaired) electrons. The molecule has 8 heteroatoms. The lowest BCUT2D eigenvalue weighted by atomic mass is 9.90. The molecule has 132 valence electrons. The van der Waals surface area contributed by atoms with Crippen LogP contribution in [0.15, 0.2) is 0 Å². The maximum absolute atomic E-state index is 12.2. The van der Waals surface area contributed by atoms with Gasteiger partial charge >= 0.3 is 5.97 Å². The van der Waals surface area contributed by atoms with Gasteiger partial charge in [-0.3, -0.25) is 9.59 Å². The van der Waals surface area contributed by atoms with Gasteiger partial charge in [-0.2, -0.15) is 0 Å². The van der Waals surface area contributed by atoms with Crippen molar-refractivity contribution in [2.75, 3.05) is 31.9 Å². The first-order valence-corrected chi connectivity index (χ1v) is 9.89. The summed E-state index contributed by atoms with van der Waals surface area (Å²) in [5, 5.41) is 9.14. The van der Waals surface area contributed by atoms with Crippen LogP contribution in [0, 0.1) is 11.8 Å². The molecule has 1 amide bonds. The highest BCUT2D eigenvalue weighted by atomic mass is 32.2. The number of carbonyl (C=O) groups is 2. The maximum Gasteiger partial charge on any atom is 0.308 e. The molecule has 2 heterocycles. The van der Waals surface area contributed by atoms with Crippen molar-refractivity contribution in [3.8, 4) is 0 Å². The van der Waals surface area contributed by atoms with Crippen LogP contribution in [0.4, 0.5) is 0 Å². The number of nitrogens with zero attached hydrogens (tertiary/aromatic N) is 2. The molecule has 0 aromatic heterocycles. The van der Waals surface area contributed by atoms with Crippen LogP contribution in [-0.2, 0) is 19.6 Å². The van der Waals surface area contributed by atoms with Gasteiger partial charge in [0, 0.05) is 32.6 Å². The van der Waals surface area contributed by atoms with Gasteiger partial charge in [0.05, 0.1) is 11.7 Å².